The largest absolute Gasteiger partial charge is 0.491 e. The van der Waals surface area contributed by atoms with Crippen molar-refractivity contribution < 1.29 is 66.7 Å². The fraction of sp³-hybridized carbons (Fsp3) is 0.774. The van der Waals surface area contributed by atoms with Gasteiger partial charge in [0.1, 0.15) is 18.6 Å². The van der Waals surface area contributed by atoms with Crippen LogP contribution in [0.4, 0.5) is 0 Å². The van der Waals surface area contributed by atoms with Gasteiger partial charge >= 0.3 is 0 Å². The average molecular weight is 651 g/mol. The molecule has 14 heteroatoms. The molecular formula is C31H54O14. The van der Waals surface area contributed by atoms with Gasteiger partial charge in [0, 0.05) is 5.56 Å². The van der Waals surface area contributed by atoms with Crippen molar-refractivity contribution in [3.63, 3.8) is 0 Å². The Morgan fingerprint density at radius 3 is 0.867 bits per heavy atom. The molecule has 0 saturated carbocycles. The van der Waals surface area contributed by atoms with Gasteiger partial charge in [-0.3, -0.25) is 4.79 Å². The zero-order chi connectivity index (χ0) is 32.1. The standard InChI is InChI=1S/C31H54O14/c32-5-6-34-7-8-35-9-10-36-11-12-37-13-14-38-15-16-39-17-18-40-19-20-41-21-22-42-23-24-43-25-26-44-27-28-45-31-3-1-30(29-33)2-4-31/h1-4,29,32H,5-28H2. The summed E-state index contributed by atoms with van der Waals surface area (Å²) >= 11 is 0. The monoisotopic (exact) mass is 650 g/mol. The lowest BCUT2D eigenvalue weighted by molar-refractivity contribution is -0.0280. The summed E-state index contributed by atoms with van der Waals surface area (Å²) in [5.41, 5.74) is 0.616. The van der Waals surface area contributed by atoms with Crippen LogP contribution in [0.3, 0.4) is 0 Å². The Balaban J connectivity index is 1.63. The number of aliphatic hydroxyl groups is 1. The predicted molar refractivity (Wildman–Crippen MR) is 163 cm³/mol. The third-order valence-electron chi connectivity index (χ3n) is 5.47. The van der Waals surface area contributed by atoms with Gasteiger partial charge in [0.25, 0.3) is 0 Å². The van der Waals surface area contributed by atoms with E-state index in [0.717, 1.165) is 6.29 Å². The number of carbonyl (C=O) groups is 1. The summed E-state index contributed by atoms with van der Waals surface area (Å²) in [7, 11) is 0. The molecule has 1 rings (SSSR count). The molecule has 0 aliphatic rings. The minimum absolute atomic E-state index is 0.0222. The zero-order valence-corrected chi connectivity index (χ0v) is 26.6. The van der Waals surface area contributed by atoms with E-state index in [1.807, 2.05) is 0 Å². The van der Waals surface area contributed by atoms with Crippen molar-refractivity contribution >= 4 is 6.29 Å². The van der Waals surface area contributed by atoms with E-state index in [9.17, 15) is 4.79 Å². The van der Waals surface area contributed by atoms with Crippen LogP contribution in [0, 0.1) is 0 Å². The molecule has 0 amide bonds. The molecule has 0 spiro atoms. The van der Waals surface area contributed by atoms with E-state index >= 15 is 0 Å². The SMILES string of the molecule is O=Cc1ccc(OCCOCCOCCOCCOCCOCCOCCOCCOCCOCCOCCOCCO)cc1. The maximum atomic E-state index is 10.6. The summed E-state index contributed by atoms with van der Waals surface area (Å²) in [6, 6.07) is 6.93. The molecule has 45 heavy (non-hydrogen) atoms. The van der Waals surface area contributed by atoms with E-state index in [2.05, 4.69) is 0 Å². The number of carbonyl (C=O) groups excluding carboxylic acids is 1. The van der Waals surface area contributed by atoms with Gasteiger partial charge in [-0.25, -0.2) is 0 Å². The molecule has 1 aromatic rings. The Kier molecular flexibility index (Phi) is 32.1. The van der Waals surface area contributed by atoms with Crippen LogP contribution in [0.15, 0.2) is 24.3 Å². The first-order chi connectivity index (χ1) is 22.4. The average Bonchev–Trinajstić information content (AvgIpc) is 3.06. The highest BCUT2D eigenvalue weighted by atomic mass is 16.6. The summed E-state index contributed by atoms with van der Waals surface area (Å²) in [4.78, 5) is 10.6. The van der Waals surface area contributed by atoms with Crippen LogP contribution in [0.25, 0.3) is 0 Å². The van der Waals surface area contributed by atoms with E-state index in [0.29, 0.717) is 163 Å². The fourth-order valence-corrected chi connectivity index (χ4v) is 3.23. The number of rotatable bonds is 37. The smallest absolute Gasteiger partial charge is 0.150 e. The molecule has 0 radical (unpaired) electrons. The van der Waals surface area contributed by atoms with Crippen molar-refractivity contribution in [1.82, 2.24) is 0 Å². The number of aldehydes is 1. The van der Waals surface area contributed by atoms with Crippen LogP contribution < -0.4 is 4.74 Å². The Labute approximate surface area is 267 Å². The summed E-state index contributed by atoms with van der Waals surface area (Å²) in [5.74, 6) is 0.702. The molecular weight excluding hydrogens is 596 g/mol. The molecule has 0 unspecified atom stereocenters. The molecule has 0 aliphatic carbocycles. The van der Waals surface area contributed by atoms with E-state index in [1.165, 1.54) is 0 Å². The van der Waals surface area contributed by atoms with Crippen LogP contribution in [0.5, 0.6) is 5.75 Å². The molecule has 0 atom stereocenters. The van der Waals surface area contributed by atoms with E-state index < -0.39 is 0 Å². The zero-order valence-electron chi connectivity index (χ0n) is 26.6. The van der Waals surface area contributed by atoms with Crippen LogP contribution in [-0.4, -0.2) is 170 Å². The van der Waals surface area contributed by atoms with E-state index in [-0.39, 0.29) is 6.61 Å². The van der Waals surface area contributed by atoms with Crippen LogP contribution in [0.1, 0.15) is 10.4 Å². The second-order valence-electron chi connectivity index (χ2n) is 9.00. The van der Waals surface area contributed by atoms with Gasteiger partial charge in [0.15, 0.2) is 0 Å². The van der Waals surface area contributed by atoms with Gasteiger partial charge in [-0.1, -0.05) is 0 Å². The van der Waals surface area contributed by atoms with Crippen molar-refractivity contribution in [2.45, 2.75) is 0 Å². The van der Waals surface area contributed by atoms with Crippen molar-refractivity contribution in [3.05, 3.63) is 29.8 Å². The molecule has 0 bridgehead atoms. The van der Waals surface area contributed by atoms with Gasteiger partial charge < -0.3 is 61.9 Å². The first-order valence-electron chi connectivity index (χ1n) is 15.5. The van der Waals surface area contributed by atoms with Gasteiger partial charge in [-0.15, -0.1) is 0 Å². The molecule has 0 aliphatic heterocycles. The van der Waals surface area contributed by atoms with Crippen LogP contribution in [0.2, 0.25) is 0 Å². The fourth-order valence-electron chi connectivity index (χ4n) is 3.23. The van der Waals surface area contributed by atoms with Crippen LogP contribution >= 0.6 is 0 Å². The minimum atomic E-state index is 0.0222. The third-order valence-corrected chi connectivity index (χ3v) is 5.47. The highest BCUT2D eigenvalue weighted by Crippen LogP contribution is 2.10. The molecule has 0 heterocycles. The van der Waals surface area contributed by atoms with Crippen molar-refractivity contribution in [3.8, 4) is 5.75 Å². The lowest BCUT2D eigenvalue weighted by Crippen LogP contribution is -2.15. The molecule has 0 aromatic heterocycles. The van der Waals surface area contributed by atoms with Gasteiger partial charge in [-0.2, -0.15) is 0 Å². The van der Waals surface area contributed by atoms with Gasteiger partial charge in [-0.05, 0) is 24.3 Å². The number of benzene rings is 1. The maximum Gasteiger partial charge on any atom is 0.150 e. The van der Waals surface area contributed by atoms with E-state index in [4.69, 9.17) is 61.9 Å². The lowest BCUT2D eigenvalue weighted by atomic mass is 10.2. The lowest BCUT2D eigenvalue weighted by Gasteiger charge is -2.09. The quantitative estimate of drug-likeness (QED) is 0.0808. The Morgan fingerprint density at radius 1 is 0.378 bits per heavy atom. The maximum absolute atomic E-state index is 10.6. The molecule has 1 aromatic carbocycles. The topological polar surface area (TPSA) is 148 Å². The van der Waals surface area contributed by atoms with Crippen molar-refractivity contribution in [2.75, 3.05) is 159 Å². The number of ether oxygens (including phenoxy) is 12. The Hall–Kier alpha value is -1.79. The summed E-state index contributed by atoms with van der Waals surface area (Å²) in [6.07, 6.45) is 0.796. The number of aliphatic hydroxyl groups excluding tert-OH is 1. The Morgan fingerprint density at radius 2 is 0.622 bits per heavy atom. The van der Waals surface area contributed by atoms with Crippen LogP contribution in [-0.2, 0) is 52.1 Å². The number of hydrogen-bond acceptors (Lipinski definition) is 14. The summed E-state index contributed by atoms with van der Waals surface area (Å²) in [6.45, 7) is 11.1. The van der Waals surface area contributed by atoms with Gasteiger partial charge in [0.05, 0.1) is 152 Å². The summed E-state index contributed by atoms with van der Waals surface area (Å²) in [5, 5.41) is 8.57. The minimum Gasteiger partial charge on any atom is -0.491 e. The van der Waals surface area contributed by atoms with Gasteiger partial charge in [0.2, 0.25) is 0 Å². The van der Waals surface area contributed by atoms with E-state index in [1.54, 1.807) is 24.3 Å². The highest BCUT2D eigenvalue weighted by molar-refractivity contribution is 5.74. The normalized spacial score (nSPS) is 11.3. The molecule has 262 valence electrons. The second-order valence-corrected chi connectivity index (χ2v) is 9.00. The molecule has 0 saturated heterocycles. The number of hydrogen-bond donors (Lipinski definition) is 1. The molecule has 1 N–H and O–H groups in total. The first-order valence-corrected chi connectivity index (χ1v) is 15.5. The first kappa shape index (κ1) is 41.2. The van der Waals surface area contributed by atoms with Crippen molar-refractivity contribution in [2.24, 2.45) is 0 Å². The second kappa shape index (κ2) is 35.1. The molecule has 0 fully saturated rings. The highest BCUT2D eigenvalue weighted by Gasteiger charge is 1.98. The Bertz CT molecular complexity index is 725. The van der Waals surface area contributed by atoms with Crippen molar-refractivity contribution in [1.29, 1.82) is 0 Å². The predicted octanol–water partition coefficient (Wildman–Crippen LogP) is 1.05. The molecule has 14 nitrogen and oxygen atoms in total. The third kappa shape index (κ3) is 30.6. The summed E-state index contributed by atoms with van der Waals surface area (Å²) < 4.78 is 65.0.